The summed E-state index contributed by atoms with van der Waals surface area (Å²) in [7, 11) is 0. The van der Waals surface area contributed by atoms with Crippen molar-refractivity contribution in [3.63, 3.8) is 0 Å². The monoisotopic (exact) mass is 311 g/mol. The highest BCUT2D eigenvalue weighted by Gasteiger charge is 2.27. The number of hydrogen-bond acceptors (Lipinski definition) is 5. The van der Waals surface area contributed by atoms with Crippen molar-refractivity contribution in [3.8, 4) is 0 Å². The first-order valence-electron chi connectivity index (χ1n) is 7.13. The first-order valence-corrected chi connectivity index (χ1v) is 8.36. The molecule has 1 aromatic rings. The van der Waals surface area contributed by atoms with E-state index in [0.29, 0.717) is 16.3 Å². The Morgan fingerprint density at radius 3 is 2.86 bits per heavy atom. The van der Waals surface area contributed by atoms with E-state index < -0.39 is 5.69 Å². The molecule has 1 saturated carbocycles. The van der Waals surface area contributed by atoms with Gasteiger partial charge in [-0.05, 0) is 26.0 Å². The number of carbonyl (C=O) groups is 1. The summed E-state index contributed by atoms with van der Waals surface area (Å²) in [5, 5.41) is 12.9. The lowest BCUT2D eigenvalue weighted by Gasteiger charge is -2.31. The van der Waals surface area contributed by atoms with Gasteiger partial charge in [0.2, 0.25) is 0 Å². The van der Waals surface area contributed by atoms with E-state index >= 15 is 0 Å². The third-order valence-electron chi connectivity index (χ3n) is 3.97. The van der Waals surface area contributed by atoms with Crippen molar-refractivity contribution < 1.29 is 9.90 Å². The number of aliphatic hydroxyl groups excluding tert-OH is 1. The van der Waals surface area contributed by atoms with Gasteiger partial charge in [-0.25, -0.2) is 4.79 Å². The fraction of sp³-hybridized carbons (Fsp3) is 0.643. The lowest BCUT2D eigenvalue weighted by atomic mass is 9.85. The van der Waals surface area contributed by atoms with Gasteiger partial charge in [0.1, 0.15) is 5.03 Å². The van der Waals surface area contributed by atoms with Gasteiger partial charge in [0.05, 0.1) is 5.56 Å². The first-order chi connectivity index (χ1) is 10.1. The minimum absolute atomic E-state index is 0.0164. The van der Waals surface area contributed by atoms with Crippen molar-refractivity contribution >= 4 is 17.7 Å². The van der Waals surface area contributed by atoms with Gasteiger partial charge in [-0.1, -0.05) is 12.8 Å². The molecule has 116 valence electrons. The van der Waals surface area contributed by atoms with E-state index in [4.69, 9.17) is 0 Å². The third kappa shape index (κ3) is 3.65. The van der Waals surface area contributed by atoms with Crippen molar-refractivity contribution in [1.29, 1.82) is 0 Å². The Morgan fingerprint density at radius 1 is 1.48 bits per heavy atom. The van der Waals surface area contributed by atoms with Crippen LogP contribution in [0.2, 0.25) is 0 Å². The maximum atomic E-state index is 12.5. The second-order valence-electron chi connectivity index (χ2n) is 5.36. The number of thioether (sulfide) groups is 1. The van der Waals surface area contributed by atoms with Gasteiger partial charge in [0.25, 0.3) is 5.91 Å². The van der Waals surface area contributed by atoms with Crippen molar-refractivity contribution in [3.05, 3.63) is 21.7 Å². The van der Waals surface area contributed by atoms with E-state index in [1.165, 1.54) is 11.8 Å². The van der Waals surface area contributed by atoms with Crippen molar-refractivity contribution in [1.82, 2.24) is 15.3 Å². The highest BCUT2D eigenvalue weighted by Crippen LogP contribution is 2.25. The molecule has 6 nitrogen and oxygen atoms in total. The van der Waals surface area contributed by atoms with E-state index in [-0.39, 0.29) is 24.5 Å². The minimum atomic E-state index is -0.445. The lowest BCUT2D eigenvalue weighted by molar-refractivity contribution is 0.0867. The Bertz CT molecular complexity index is 573. The molecule has 1 amide bonds. The molecule has 21 heavy (non-hydrogen) atoms. The molecule has 1 aromatic heterocycles. The summed E-state index contributed by atoms with van der Waals surface area (Å²) in [6, 6.07) is -0.0164. The van der Waals surface area contributed by atoms with Gasteiger partial charge in [0, 0.05) is 24.3 Å². The number of nitrogens with zero attached hydrogens (tertiary/aromatic N) is 1. The molecule has 0 saturated heterocycles. The van der Waals surface area contributed by atoms with Crippen molar-refractivity contribution in [2.24, 2.45) is 5.92 Å². The van der Waals surface area contributed by atoms with Crippen LogP contribution in [0.1, 0.15) is 41.7 Å². The standard InChI is InChI=1S/C14H21N3O3S/c1-8-11(13(21-2)17-14(20)15-8)12(19)16-10-6-4-3-5-9(10)7-18/h9-10,18H,3-7H2,1-2H3,(H,16,19)(H,15,17,20). The van der Waals surface area contributed by atoms with Crippen LogP contribution in [0.25, 0.3) is 0 Å². The average molecular weight is 311 g/mol. The van der Waals surface area contributed by atoms with Crippen LogP contribution >= 0.6 is 11.8 Å². The molecule has 1 aliphatic carbocycles. The summed E-state index contributed by atoms with van der Waals surface area (Å²) in [5.41, 5.74) is 0.497. The van der Waals surface area contributed by atoms with Crippen LogP contribution in [-0.4, -0.2) is 39.9 Å². The van der Waals surface area contributed by atoms with Crippen molar-refractivity contribution in [2.75, 3.05) is 12.9 Å². The molecule has 2 rings (SSSR count). The number of aliphatic hydroxyl groups is 1. The minimum Gasteiger partial charge on any atom is -0.396 e. The molecule has 0 aromatic carbocycles. The van der Waals surface area contributed by atoms with E-state index in [1.54, 1.807) is 13.2 Å². The highest BCUT2D eigenvalue weighted by molar-refractivity contribution is 7.98. The molecule has 2 unspecified atom stereocenters. The van der Waals surface area contributed by atoms with Crippen LogP contribution in [0.5, 0.6) is 0 Å². The Hall–Kier alpha value is -1.34. The SMILES string of the molecule is CSc1nc(=O)[nH]c(C)c1C(=O)NC1CCCCC1CO. The van der Waals surface area contributed by atoms with Gasteiger partial charge < -0.3 is 15.4 Å². The van der Waals surface area contributed by atoms with Gasteiger partial charge in [-0.3, -0.25) is 4.79 Å². The number of aryl methyl sites for hydroxylation is 1. The number of carbonyl (C=O) groups excluding carboxylic acids is 1. The van der Waals surface area contributed by atoms with Crippen LogP contribution in [0.4, 0.5) is 0 Å². The van der Waals surface area contributed by atoms with Crippen LogP contribution in [-0.2, 0) is 0 Å². The molecule has 3 N–H and O–H groups in total. The Kier molecular flexibility index (Phi) is 5.41. The summed E-state index contributed by atoms with van der Waals surface area (Å²) < 4.78 is 0. The Morgan fingerprint density at radius 2 is 2.19 bits per heavy atom. The molecule has 2 atom stereocenters. The summed E-state index contributed by atoms with van der Waals surface area (Å²) >= 11 is 1.28. The maximum absolute atomic E-state index is 12.5. The van der Waals surface area contributed by atoms with Gasteiger partial charge in [-0.2, -0.15) is 4.98 Å². The number of nitrogens with one attached hydrogen (secondary N) is 2. The molecule has 0 aliphatic heterocycles. The van der Waals surface area contributed by atoms with Crippen LogP contribution < -0.4 is 11.0 Å². The number of aromatic nitrogens is 2. The summed E-state index contributed by atoms with van der Waals surface area (Å²) in [5.74, 6) is -0.123. The lowest BCUT2D eigenvalue weighted by Crippen LogP contribution is -2.44. The molecular formula is C14H21N3O3S. The maximum Gasteiger partial charge on any atom is 0.346 e. The number of aromatic amines is 1. The molecule has 0 bridgehead atoms. The Balaban J connectivity index is 2.22. The topological polar surface area (TPSA) is 95.1 Å². The summed E-state index contributed by atoms with van der Waals surface area (Å²) in [6.45, 7) is 1.78. The Labute approximate surface area is 127 Å². The summed E-state index contributed by atoms with van der Waals surface area (Å²) in [6.07, 6.45) is 5.74. The van der Waals surface area contributed by atoms with Crippen LogP contribution in [0.15, 0.2) is 9.82 Å². The highest BCUT2D eigenvalue weighted by atomic mass is 32.2. The van der Waals surface area contributed by atoms with E-state index in [2.05, 4.69) is 15.3 Å². The zero-order valence-corrected chi connectivity index (χ0v) is 13.1. The molecule has 0 radical (unpaired) electrons. The second-order valence-corrected chi connectivity index (χ2v) is 6.15. The fourth-order valence-corrected chi connectivity index (χ4v) is 3.46. The first kappa shape index (κ1) is 16.0. The zero-order chi connectivity index (χ0) is 15.4. The molecule has 1 fully saturated rings. The quantitative estimate of drug-likeness (QED) is 0.571. The van der Waals surface area contributed by atoms with Crippen molar-refractivity contribution in [2.45, 2.75) is 43.7 Å². The smallest absolute Gasteiger partial charge is 0.346 e. The molecule has 1 aliphatic rings. The number of hydrogen-bond donors (Lipinski definition) is 3. The predicted molar refractivity (Wildman–Crippen MR) is 81.7 cm³/mol. The van der Waals surface area contributed by atoms with E-state index in [0.717, 1.165) is 25.7 Å². The van der Waals surface area contributed by atoms with Gasteiger partial charge in [0.15, 0.2) is 0 Å². The molecule has 0 spiro atoms. The number of rotatable bonds is 4. The van der Waals surface area contributed by atoms with E-state index in [9.17, 15) is 14.7 Å². The fourth-order valence-electron chi connectivity index (χ4n) is 2.83. The molecule has 7 heteroatoms. The zero-order valence-electron chi connectivity index (χ0n) is 12.3. The van der Waals surface area contributed by atoms with Gasteiger partial charge in [-0.15, -0.1) is 11.8 Å². The van der Waals surface area contributed by atoms with Crippen LogP contribution in [0, 0.1) is 12.8 Å². The largest absolute Gasteiger partial charge is 0.396 e. The summed E-state index contributed by atoms with van der Waals surface area (Å²) in [4.78, 5) is 30.3. The van der Waals surface area contributed by atoms with Crippen LogP contribution in [0.3, 0.4) is 0 Å². The predicted octanol–water partition coefficient (Wildman–Crippen LogP) is 1.08. The number of H-pyrrole nitrogens is 1. The molecular weight excluding hydrogens is 290 g/mol. The average Bonchev–Trinajstić information content (AvgIpc) is 2.46. The van der Waals surface area contributed by atoms with E-state index in [1.807, 2.05) is 0 Å². The molecule has 1 heterocycles. The normalized spacial score (nSPS) is 22.0. The second kappa shape index (κ2) is 7.09. The number of amides is 1. The third-order valence-corrected chi connectivity index (χ3v) is 4.65. The van der Waals surface area contributed by atoms with Gasteiger partial charge >= 0.3 is 5.69 Å².